The first-order chi connectivity index (χ1) is 7.04. The zero-order valence-corrected chi connectivity index (χ0v) is 11.7. The highest BCUT2D eigenvalue weighted by Crippen LogP contribution is 2.42. The van der Waals surface area contributed by atoms with Crippen LogP contribution in [0.4, 0.5) is 0 Å². The summed E-state index contributed by atoms with van der Waals surface area (Å²) < 4.78 is 2.67. The van der Waals surface area contributed by atoms with E-state index in [1.165, 1.54) is 5.57 Å². The molecule has 80 valence electrons. The molecule has 0 bridgehead atoms. The van der Waals surface area contributed by atoms with Crippen molar-refractivity contribution in [2.24, 2.45) is 5.92 Å². The monoisotopic (exact) mass is 331 g/mol. The molecule has 2 rings (SSSR count). The van der Waals surface area contributed by atoms with Crippen molar-refractivity contribution in [3.63, 3.8) is 0 Å². The Morgan fingerprint density at radius 1 is 1.53 bits per heavy atom. The molecule has 0 saturated carbocycles. The predicted molar refractivity (Wildman–Crippen MR) is 66.9 cm³/mol. The molecule has 0 amide bonds. The highest BCUT2D eigenvalue weighted by Gasteiger charge is 2.35. The van der Waals surface area contributed by atoms with Crippen LogP contribution in [0.15, 0.2) is 34.9 Å². The van der Waals surface area contributed by atoms with Crippen LogP contribution in [0, 0.1) is 5.92 Å². The van der Waals surface area contributed by atoms with Crippen LogP contribution in [0.1, 0.15) is 13.8 Å². The molecular weight excluding hydrogens is 322 g/mol. The quantitative estimate of drug-likeness (QED) is 0.739. The molecule has 1 aliphatic rings. The predicted octanol–water partition coefficient (Wildman–Crippen LogP) is 3.20. The second-order valence-electron chi connectivity index (χ2n) is 3.70. The number of alkyl halides is 1. The molecule has 0 spiro atoms. The Kier molecular flexibility index (Phi) is 2.85. The van der Waals surface area contributed by atoms with Gasteiger partial charge in [-0.3, -0.25) is 0 Å². The van der Waals surface area contributed by atoms with Gasteiger partial charge in [0, 0.05) is 10.4 Å². The van der Waals surface area contributed by atoms with Crippen LogP contribution < -0.4 is 0 Å². The minimum absolute atomic E-state index is 0.301. The summed E-state index contributed by atoms with van der Waals surface area (Å²) in [6.45, 7) is 4.21. The van der Waals surface area contributed by atoms with Crippen LogP contribution in [0.2, 0.25) is 0 Å². The Morgan fingerprint density at radius 2 is 2.27 bits per heavy atom. The molecule has 2 atom stereocenters. The maximum Gasteiger partial charge on any atom is 0.143 e. The minimum atomic E-state index is -0.301. The average molecular weight is 333 g/mol. The van der Waals surface area contributed by atoms with Gasteiger partial charge < -0.3 is 0 Å². The Morgan fingerprint density at radius 3 is 2.87 bits per heavy atom. The third-order valence-electron chi connectivity index (χ3n) is 2.60. The summed E-state index contributed by atoms with van der Waals surface area (Å²) in [7, 11) is 0. The van der Waals surface area contributed by atoms with Crippen molar-refractivity contribution in [3.8, 4) is 0 Å². The van der Waals surface area contributed by atoms with E-state index in [2.05, 4.69) is 67.9 Å². The van der Waals surface area contributed by atoms with Crippen LogP contribution in [-0.4, -0.2) is 14.8 Å². The molecule has 1 aliphatic carbocycles. The first-order valence-corrected chi connectivity index (χ1v) is 6.24. The highest BCUT2D eigenvalue weighted by molar-refractivity contribution is 9.12. The normalized spacial score (nSPS) is 31.1. The summed E-state index contributed by atoms with van der Waals surface area (Å²) >= 11 is 7.27. The number of rotatable bonds is 1. The van der Waals surface area contributed by atoms with Gasteiger partial charge >= 0.3 is 0 Å². The summed E-state index contributed by atoms with van der Waals surface area (Å²) in [6, 6.07) is 0. The third-order valence-corrected chi connectivity index (χ3v) is 4.80. The molecule has 15 heavy (non-hydrogen) atoms. The van der Waals surface area contributed by atoms with E-state index in [4.69, 9.17) is 0 Å². The fourth-order valence-corrected chi connectivity index (χ4v) is 2.80. The molecule has 0 aliphatic heterocycles. The first kappa shape index (κ1) is 11.1. The lowest BCUT2D eigenvalue weighted by Crippen LogP contribution is -2.33. The Balaban J connectivity index is 2.47. The van der Waals surface area contributed by atoms with Gasteiger partial charge in [0.05, 0.1) is 0 Å². The fourth-order valence-electron chi connectivity index (χ4n) is 1.63. The van der Waals surface area contributed by atoms with E-state index >= 15 is 0 Å². The Bertz CT molecular complexity index is 422. The van der Waals surface area contributed by atoms with Crippen molar-refractivity contribution in [3.05, 3.63) is 34.9 Å². The van der Waals surface area contributed by atoms with E-state index < -0.39 is 0 Å². The van der Waals surface area contributed by atoms with E-state index in [0.717, 1.165) is 4.48 Å². The van der Waals surface area contributed by atoms with Gasteiger partial charge in [0.2, 0.25) is 0 Å². The molecule has 0 fully saturated rings. The number of hydrogen-bond donors (Lipinski definition) is 0. The number of nitrogens with zero attached hydrogens (tertiary/aromatic N) is 3. The van der Waals surface area contributed by atoms with E-state index in [1.807, 2.05) is 4.68 Å². The fraction of sp³-hybridized carbons (Fsp3) is 0.400. The molecule has 0 radical (unpaired) electrons. The van der Waals surface area contributed by atoms with Crippen molar-refractivity contribution in [1.29, 1.82) is 0 Å². The van der Waals surface area contributed by atoms with Crippen molar-refractivity contribution in [2.75, 3.05) is 0 Å². The van der Waals surface area contributed by atoms with E-state index in [9.17, 15) is 0 Å². The number of halogens is 2. The van der Waals surface area contributed by atoms with Crippen molar-refractivity contribution in [2.45, 2.75) is 18.3 Å². The number of allylic oxidation sites excluding steroid dienone is 4. The van der Waals surface area contributed by atoms with Crippen LogP contribution in [0.3, 0.4) is 0 Å². The second kappa shape index (κ2) is 3.87. The molecular formula is C10H11Br2N3. The van der Waals surface area contributed by atoms with Gasteiger partial charge in [-0.15, -0.1) is 0 Å². The van der Waals surface area contributed by atoms with Gasteiger partial charge in [-0.25, -0.2) is 9.67 Å². The lowest BCUT2D eigenvalue weighted by Gasteiger charge is -2.33. The standard InChI is InChI=1S/C10H11Br2N3/c1-7-4-10(12,8(2)3-9(7)11)15-6-13-5-14-15/h3-6,8H,1-2H3. The Hall–Kier alpha value is -0.420. The maximum absolute atomic E-state index is 4.19. The molecule has 5 heteroatoms. The van der Waals surface area contributed by atoms with E-state index in [0.29, 0.717) is 5.92 Å². The average Bonchev–Trinajstić information content (AvgIpc) is 2.68. The Labute approximate surface area is 106 Å². The molecule has 1 aromatic heterocycles. The number of aromatic nitrogens is 3. The minimum Gasteiger partial charge on any atom is -0.232 e. The van der Waals surface area contributed by atoms with Crippen LogP contribution >= 0.6 is 31.9 Å². The van der Waals surface area contributed by atoms with Gasteiger partial charge in [-0.05, 0) is 18.6 Å². The summed E-state index contributed by atoms with van der Waals surface area (Å²) in [6.07, 6.45) is 7.59. The van der Waals surface area contributed by atoms with Gasteiger partial charge in [-0.1, -0.05) is 44.9 Å². The van der Waals surface area contributed by atoms with Gasteiger partial charge in [0.25, 0.3) is 0 Å². The van der Waals surface area contributed by atoms with Crippen LogP contribution in [-0.2, 0) is 4.45 Å². The molecule has 2 unspecified atom stereocenters. The molecule has 3 nitrogen and oxygen atoms in total. The smallest absolute Gasteiger partial charge is 0.143 e. The van der Waals surface area contributed by atoms with Gasteiger partial charge in [0.15, 0.2) is 0 Å². The first-order valence-electron chi connectivity index (χ1n) is 4.65. The molecule has 1 aromatic rings. The zero-order chi connectivity index (χ0) is 11.1. The van der Waals surface area contributed by atoms with E-state index in [-0.39, 0.29) is 4.45 Å². The molecule has 0 N–H and O–H groups in total. The third kappa shape index (κ3) is 1.83. The lowest BCUT2D eigenvalue weighted by atomic mass is 9.94. The van der Waals surface area contributed by atoms with Crippen LogP contribution in [0.5, 0.6) is 0 Å². The van der Waals surface area contributed by atoms with E-state index in [1.54, 1.807) is 12.7 Å². The molecule has 0 saturated heterocycles. The largest absolute Gasteiger partial charge is 0.232 e. The zero-order valence-electron chi connectivity index (χ0n) is 8.48. The van der Waals surface area contributed by atoms with Gasteiger partial charge in [-0.2, -0.15) is 5.10 Å². The summed E-state index contributed by atoms with van der Waals surface area (Å²) in [4.78, 5) is 3.98. The highest BCUT2D eigenvalue weighted by atomic mass is 79.9. The number of hydrogen-bond acceptors (Lipinski definition) is 2. The van der Waals surface area contributed by atoms with Gasteiger partial charge in [0.1, 0.15) is 17.1 Å². The van der Waals surface area contributed by atoms with Crippen molar-refractivity contribution >= 4 is 31.9 Å². The second-order valence-corrected chi connectivity index (χ2v) is 5.82. The maximum atomic E-state index is 4.19. The molecule has 0 aromatic carbocycles. The van der Waals surface area contributed by atoms with Crippen LogP contribution in [0.25, 0.3) is 0 Å². The SMILES string of the molecule is CC1=CC(Br)(n2cncn2)C(C)C=C1Br. The van der Waals surface area contributed by atoms with Crippen molar-refractivity contribution < 1.29 is 0 Å². The topological polar surface area (TPSA) is 30.7 Å². The lowest BCUT2D eigenvalue weighted by molar-refractivity contribution is 0.402. The summed E-state index contributed by atoms with van der Waals surface area (Å²) in [5, 5.41) is 4.19. The molecule has 1 heterocycles. The van der Waals surface area contributed by atoms with Crippen molar-refractivity contribution in [1.82, 2.24) is 14.8 Å². The summed E-state index contributed by atoms with van der Waals surface area (Å²) in [5.74, 6) is 0.303. The summed E-state index contributed by atoms with van der Waals surface area (Å²) in [5.41, 5.74) is 1.19.